The maximum Gasteiger partial charge on any atom is 0.293 e. The number of ether oxygens (including phenoxy) is 2. The fraction of sp³-hybridized carbons (Fsp3) is 0.532. The smallest absolute Gasteiger partial charge is 0.293 e. The van der Waals surface area contributed by atoms with Crippen molar-refractivity contribution < 1.29 is 29.0 Å². The number of carbonyl (C=O) groups excluding carboxylic acids is 3. The molecular weight excluding hydrogens is 852 g/mol. The van der Waals surface area contributed by atoms with Crippen LogP contribution in [0.15, 0.2) is 53.5 Å². The Balaban J connectivity index is 0.758. The average molecular weight is 912 g/mol. The number of benzene rings is 2. The summed E-state index contributed by atoms with van der Waals surface area (Å²) in [4.78, 5) is 69.1. The van der Waals surface area contributed by atoms with E-state index in [-0.39, 0.29) is 59.9 Å². The second-order valence-electron chi connectivity index (χ2n) is 18.9. The molecule has 4 aromatic rings. The number of nitrogens with zero attached hydrogens (tertiary/aromatic N) is 7. The molecule has 18 heteroatoms. The Hall–Kier alpha value is -5.33. The summed E-state index contributed by atoms with van der Waals surface area (Å²) in [6.45, 7) is 13.0. The summed E-state index contributed by atoms with van der Waals surface area (Å²) in [5.41, 5.74) is 3.73. The molecule has 6 heterocycles. The molecule has 9 rings (SSSR count). The first kappa shape index (κ1) is 44.9. The van der Waals surface area contributed by atoms with Gasteiger partial charge in [-0.25, -0.2) is 4.98 Å². The maximum atomic E-state index is 13.3. The predicted molar refractivity (Wildman–Crippen MR) is 248 cm³/mol. The van der Waals surface area contributed by atoms with E-state index < -0.39 is 18.2 Å². The van der Waals surface area contributed by atoms with E-state index in [1.165, 1.54) is 0 Å². The van der Waals surface area contributed by atoms with Gasteiger partial charge in [-0.1, -0.05) is 11.6 Å². The van der Waals surface area contributed by atoms with Gasteiger partial charge in [-0.2, -0.15) is 4.98 Å². The monoisotopic (exact) mass is 910 g/mol. The number of carbonyl (C=O) groups is 3. The summed E-state index contributed by atoms with van der Waals surface area (Å²) in [6, 6.07) is 13.2. The minimum Gasteiger partial charge on any atom is -0.484 e. The van der Waals surface area contributed by atoms with Crippen molar-refractivity contribution in [3.05, 3.63) is 75.2 Å². The Labute approximate surface area is 383 Å². The lowest BCUT2D eigenvalue weighted by Crippen LogP contribution is -2.64. The van der Waals surface area contributed by atoms with Crippen LogP contribution < -0.4 is 36.0 Å². The van der Waals surface area contributed by atoms with Gasteiger partial charge in [0.15, 0.2) is 11.6 Å². The zero-order chi connectivity index (χ0) is 45.7. The molecule has 346 valence electrons. The minimum absolute atomic E-state index is 0.0706. The highest BCUT2D eigenvalue weighted by Gasteiger charge is 2.43. The molecule has 65 heavy (non-hydrogen) atoms. The summed E-state index contributed by atoms with van der Waals surface area (Å²) >= 11 is 6.62. The fourth-order valence-electron chi connectivity index (χ4n) is 10.1. The molecule has 5 aliphatic rings. The molecule has 4 fully saturated rings. The Bertz CT molecular complexity index is 2540. The number of aliphatic hydroxyl groups is 1. The molecule has 0 bridgehead atoms. The quantitative estimate of drug-likeness (QED) is 0.108. The van der Waals surface area contributed by atoms with Crippen LogP contribution in [0.4, 0.5) is 23.1 Å². The number of fused-ring (bicyclic) bond motifs is 2. The van der Waals surface area contributed by atoms with E-state index in [2.05, 4.69) is 55.5 Å². The summed E-state index contributed by atoms with van der Waals surface area (Å²) in [5.74, 6) is 0.396. The van der Waals surface area contributed by atoms with Gasteiger partial charge in [-0.15, -0.1) is 0 Å². The van der Waals surface area contributed by atoms with Crippen LogP contribution in [0, 0.1) is 0 Å². The number of hydrogen-bond acceptors (Lipinski definition) is 14. The SMILES string of the molecule is CNC(O)COc1cc2cc(Nc3nc(N4CCC(O[C@H]5C[C@H](N6CCN(c7ccc8c(c7)CN([C@H]7CCC(=O)NC7=O)C8=O)C(C)(C)C6)C5)CC4)ncc3Cl)ccc2n(C(C)C)c1=O. The van der Waals surface area contributed by atoms with Crippen molar-refractivity contribution in [3.8, 4) is 5.75 Å². The van der Waals surface area contributed by atoms with Crippen LogP contribution in [0.25, 0.3) is 10.9 Å². The highest BCUT2D eigenvalue weighted by atomic mass is 35.5. The number of likely N-dealkylation sites (N-methyl/N-ethyl adjacent to an activating group) is 1. The largest absolute Gasteiger partial charge is 0.484 e. The van der Waals surface area contributed by atoms with Crippen molar-refractivity contribution in [1.82, 2.24) is 35.0 Å². The van der Waals surface area contributed by atoms with Gasteiger partial charge < -0.3 is 39.2 Å². The summed E-state index contributed by atoms with van der Waals surface area (Å²) in [7, 11) is 1.61. The van der Waals surface area contributed by atoms with E-state index in [0.717, 1.165) is 86.2 Å². The van der Waals surface area contributed by atoms with Gasteiger partial charge in [0, 0.05) is 85.6 Å². The minimum atomic E-state index is -0.909. The van der Waals surface area contributed by atoms with Crippen molar-refractivity contribution in [1.29, 1.82) is 0 Å². The zero-order valence-electron chi connectivity index (χ0n) is 37.7. The molecule has 0 radical (unpaired) electrons. The number of rotatable bonds is 13. The Morgan fingerprint density at radius 1 is 0.985 bits per heavy atom. The number of piperidine rings is 2. The van der Waals surface area contributed by atoms with Gasteiger partial charge in [-0.3, -0.25) is 34.7 Å². The normalized spacial score (nSPS) is 23.2. The molecule has 1 aliphatic carbocycles. The molecule has 2 aromatic heterocycles. The molecule has 0 spiro atoms. The molecular formula is C47H59ClN10O7. The number of anilines is 4. The van der Waals surface area contributed by atoms with Crippen molar-refractivity contribution in [2.75, 3.05) is 61.5 Å². The number of imide groups is 1. The molecule has 2 atom stereocenters. The van der Waals surface area contributed by atoms with Crippen LogP contribution in [-0.2, 0) is 20.9 Å². The molecule has 2 aromatic carbocycles. The Morgan fingerprint density at radius 3 is 2.49 bits per heavy atom. The van der Waals surface area contributed by atoms with Gasteiger partial charge in [0.25, 0.3) is 11.5 Å². The van der Waals surface area contributed by atoms with Crippen LogP contribution in [0.2, 0.25) is 5.02 Å². The van der Waals surface area contributed by atoms with Crippen molar-refractivity contribution in [2.45, 2.75) is 115 Å². The van der Waals surface area contributed by atoms with E-state index in [0.29, 0.717) is 41.4 Å². The van der Waals surface area contributed by atoms with Crippen LogP contribution in [0.1, 0.15) is 88.2 Å². The molecule has 4 N–H and O–H groups in total. The second-order valence-corrected chi connectivity index (χ2v) is 19.3. The summed E-state index contributed by atoms with van der Waals surface area (Å²) in [6.07, 6.45) is 5.48. The highest BCUT2D eigenvalue weighted by molar-refractivity contribution is 6.33. The molecule has 4 aliphatic heterocycles. The van der Waals surface area contributed by atoms with E-state index in [9.17, 15) is 24.3 Å². The molecule has 1 saturated carbocycles. The first-order valence-electron chi connectivity index (χ1n) is 22.8. The number of aromatic nitrogens is 3. The number of hydrogen-bond donors (Lipinski definition) is 4. The van der Waals surface area contributed by atoms with Gasteiger partial charge in [0.2, 0.25) is 17.8 Å². The zero-order valence-corrected chi connectivity index (χ0v) is 38.4. The van der Waals surface area contributed by atoms with Crippen molar-refractivity contribution >= 4 is 63.4 Å². The molecule has 1 unspecified atom stereocenters. The molecule has 3 saturated heterocycles. The molecule has 17 nitrogen and oxygen atoms in total. The van der Waals surface area contributed by atoms with Gasteiger partial charge in [0.05, 0.1) is 23.9 Å². The Kier molecular flexibility index (Phi) is 12.5. The third kappa shape index (κ3) is 9.13. The highest BCUT2D eigenvalue weighted by Crippen LogP contribution is 2.38. The Morgan fingerprint density at radius 2 is 1.77 bits per heavy atom. The number of aliphatic hydroxyl groups excluding tert-OH is 1. The summed E-state index contributed by atoms with van der Waals surface area (Å²) in [5, 5.41) is 19.6. The van der Waals surface area contributed by atoms with Gasteiger partial charge in [0.1, 0.15) is 23.9 Å². The van der Waals surface area contributed by atoms with Crippen LogP contribution >= 0.6 is 11.6 Å². The third-order valence-electron chi connectivity index (χ3n) is 13.7. The van der Waals surface area contributed by atoms with Crippen LogP contribution in [0.5, 0.6) is 5.75 Å². The maximum absolute atomic E-state index is 13.3. The van der Waals surface area contributed by atoms with E-state index >= 15 is 0 Å². The van der Waals surface area contributed by atoms with Crippen LogP contribution in [0.3, 0.4) is 0 Å². The van der Waals surface area contributed by atoms with Gasteiger partial charge >= 0.3 is 0 Å². The number of piperazine rings is 1. The van der Waals surface area contributed by atoms with E-state index in [1.807, 2.05) is 44.2 Å². The average Bonchev–Trinajstić information content (AvgIpc) is 3.58. The molecule has 3 amide bonds. The number of pyridine rings is 1. The topological polar surface area (TPSA) is 187 Å². The number of amides is 3. The fourth-order valence-corrected chi connectivity index (χ4v) is 10.3. The third-order valence-corrected chi connectivity index (χ3v) is 14.0. The number of halogens is 1. The standard InChI is InChI=1S/C47H59ClN10O7/c1-27(2)58-37-9-6-30(18-28(37)20-39(45(58)63)64-25-41(60)49-5)51-42-36(48)23-50-46(53-42)54-14-12-33(13-15-54)65-34-21-32(22-34)55-16-17-57(47(3,4)26-55)31-7-8-35-29(19-31)24-56(44(35)62)38-10-11-40(59)52-43(38)61/h6-9,18-20,23,27,32-34,38,41,49,60H,10-17,21-22,24-26H2,1-5H3,(H,50,51,53)(H,52,59,61)/t32-,34-,38-,41?/m0/s1. The van der Waals surface area contributed by atoms with Crippen LogP contribution in [-0.4, -0.2) is 130 Å². The first-order valence-corrected chi connectivity index (χ1v) is 23.2. The second kappa shape index (κ2) is 18.2. The van der Waals surface area contributed by atoms with Crippen molar-refractivity contribution in [3.63, 3.8) is 0 Å². The predicted octanol–water partition coefficient (Wildman–Crippen LogP) is 4.56. The van der Waals surface area contributed by atoms with E-state index in [4.69, 9.17) is 26.1 Å². The van der Waals surface area contributed by atoms with Gasteiger partial charge in [-0.05, 0) is 115 Å². The lowest BCUT2D eigenvalue weighted by atomic mass is 9.85. The number of nitrogens with one attached hydrogen (secondary N) is 3. The lowest BCUT2D eigenvalue weighted by molar-refractivity contribution is -0.136. The van der Waals surface area contributed by atoms with Crippen molar-refractivity contribution in [2.24, 2.45) is 0 Å². The van der Waals surface area contributed by atoms with E-state index in [1.54, 1.807) is 28.8 Å². The summed E-state index contributed by atoms with van der Waals surface area (Å²) < 4.78 is 14.1. The lowest BCUT2D eigenvalue weighted by Gasteiger charge is -2.53. The first-order chi connectivity index (χ1) is 31.1.